The van der Waals surface area contributed by atoms with Gasteiger partial charge in [0.25, 0.3) is 5.91 Å². The Hall–Kier alpha value is -4.98. The van der Waals surface area contributed by atoms with Gasteiger partial charge in [-0.05, 0) is 38.1 Å². The molecule has 0 aliphatic rings. The highest BCUT2D eigenvalue weighted by molar-refractivity contribution is 6.03. The average molecular weight is 494 g/mol. The molecule has 37 heavy (non-hydrogen) atoms. The summed E-state index contributed by atoms with van der Waals surface area (Å²) in [4.78, 5) is 38.6. The summed E-state index contributed by atoms with van der Waals surface area (Å²) in [5.74, 6) is -0.489. The minimum Gasteiger partial charge on any atom is -0.455 e. The monoisotopic (exact) mass is 493 g/mol. The molecule has 0 saturated heterocycles. The molecule has 1 amide bonds. The largest absolute Gasteiger partial charge is 0.455 e. The van der Waals surface area contributed by atoms with Crippen molar-refractivity contribution in [1.82, 2.24) is 9.78 Å². The van der Waals surface area contributed by atoms with Crippen LogP contribution in [-0.4, -0.2) is 28.3 Å². The van der Waals surface area contributed by atoms with Gasteiger partial charge < -0.3 is 14.5 Å². The molecule has 0 aliphatic carbocycles. The molecule has 0 saturated carbocycles. The molecule has 0 spiro atoms. The van der Waals surface area contributed by atoms with E-state index in [-0.39, 0.29) is 22.0 Å². The SMILES string of the molecule is Cc1cc(NC(=O)COC(=O)c2cccc3c(=O)c(C)c(-c4ccccc4)oc23)n(-c2ccccc2)n1. The third-order valence-corrected chi connectivity index (χ3v) is 5.83. The Bertz CT molecular complexity index is 1670. The molecule has 0 atom stereocenters. The number of anilines is 1. The molecule has 0 radical (unpaired) electrons. The Balaban J connectivity index is 1.38. The molecule has 8 nitrogen and oxygen atoms in total. The lowest BCUT2D eigenvalue weighted by atomic mass is 10.0. The molecule has 0 bridgehead atoms. The molecule has 3 aromatic carbocycles. The van der Waals surface area contributed by atoms with Crippen molar-refractivity contribution in [3.63, 3.8) is 0 Å². The number of para-hydroxylation sites is 2. The molecule has 2 heterocycles. The van der Waals surface area contributed by atoms with E-state index in [0.29, 0.717) is 28.4 Å². The van der Waals surface area contributed by atoms with Crippen LogP contribution in [0.3, 0.4) is 0 Å². The standard InChI is InChI=1S/C29H23N3O5/c1-18-16-24(32(31-18)21-12-7-4-8-13-21)30-25(33)17-36-29(35)23-15-9-14-22-26(34)19(2)27(37-28(22)23)20-10-5-3-6-11-20/h3-16H,17H2,1-2H3,(H,30,33). The maximum absolute atomic E-state index is 13.0. The summed E-state index contributed by atoms with van der Waals surface area (Å²) in [7, 11) is 0. The van der Waals surface area contributed by atoms with Crippen molar-refractivity contribution < 1.29 is 18.7 Å². The van der Waals surface area contributed by atoms with Crippen LogP contribution in [0.5, 0.6) is 0 Å². The maximum Gasteiger partial charge on any atom is 0.342 e. The highest BCUT2D eigenvalue weighted by Crippen LogP contribution is 2.27. The van der Waals surface area contributed by atoms with Gasteiger partial charge in [-0.1, -0.05) is 54.6 Å². The normalized spacial score (nSPS) is 10.9. The molecule has 0 aliphatic heterocycles. The molecule has 5 rings (SSSR count). The first-order chi connectivity index (χ1) is 17.9. The second kappa shape index (κ2) is 9.94. The Morgan fingerprint density at radius 3 is 2.38 bits per heavy atom. The van der Waals surface area contributed by atoms with E-state index >= 15 is 0 Å². The van der Waals surface area contributed by atoms with Crippen LogP contribution < -0.4 is 10.7 Å². The van der Waals surface area contributed by atoms with E-state index < -0.39 is 18.5 Å². The van der Waals surface area contributed by atoms with E-state index in [9.17, 15) is 14.4 Å². The summed E-state index contributed by atoms with van der Waals surface area (Å²) in [6, 6.07) is 24.9. The minimum absolute atomic E-state index is 0.0600. The van der Waals surface area contributed by atoms with Gasteiger partial charge in [0.05, 0.1) is 16.8 Å². The molecule has 5 aromatic rings. The number of amides is 1. The number of aryl methyl sites for hydroxylation is 1. The van der Waals surface area contributed by atoms with Gasteiger partial charge in [-0.15, -0.1) is 0 Å². The van der Waals surface area contributed by atoms with Crippen molar-refractivity contribution >= 4 is 28.7 Å². The number of ether oxygens (including phenoxy) is 1. The Kier molecular flexibility index (Phi) is 6.38. The van der Waals surface area contributed by atoms with E-state index in [4.69, 9.17) is 9.15 Å². The van der Waals surface area contributed by atoms with Crippen LogP contribution in [0.1, 0.15) is 21.6 Å². The van der Waals surface area contributed by atoms with Gasteiger partial charge in [-0.2, -0.15) is 5.10 Å². The number of hydrogen-bond donors (Lipinski definition) is 1. The molecule has 0 fully saturated rings. The number of hydrogen-bond acceptors (Lipinski definition) is 6. The lowest BCUT2D eigenvalue weighted by Crippen LogP contribution is -2.22. The fraction of sp³-hybridized carbons (Fsp3) is 0.103. The van der Waals surface area contributed by atoms with Gasteiger partial charge in [-0.25, -0.2) is 9.48 Å². The predicted molar refractivity (Wildman–Crippen MR) is 140 cm³/mol. The smallest absolute Gasteiger partial charge is 0.342 e. The lowest BCUT2D eigenvalue weighted by Gasteiger charge is -2.11. The topological polar surface area (TPSA) is 103 Å². The minimum atomic E-state index is -0.778. The van der Waals surface area contributed by atoms with Crippen molar-refractivity contribution in [2.75, 3.05) is 11.9 Å². The van der Waals surface area contributed by atoms with Crippen LogP contribution in [0.4, 0.5) is 5.82 Å². The highest BCUT2D eigenvalue weighted by Gasteiger charge is 2.20. The third kappa shape index (κ3) is 4.77. The number of nitrogens with zero attached hydrogens (tertiary/aromatic N) is 2. The van der Waals surface area contributed by atoms with E-state index in [1.165, 1.54) is 6.07 Å². The molecular formula is C29H23N3O5. The third-order valence-electron chi connectivity index (χ3n) is 5.83. The number of rotatable bonds is 6. The fourth-order valence-electron chi connectivity index (χ4n) is 4.08. The summed E-state index contributed by atoms with van der Waals surface area (Å²) >= 11 is 0. The zero-order valence-electron chi connectivity index (χ0n) is 20.2. The molecule has 0 unspecified atom stereocenters. The quantitative estimate of drug-likeness (QED) is 0.332. The molecule has 2 aromatic heterocycles. The highest BCUT2D eigenvalue weighted by atomic mass is 16.5. The van der Waals surface area contributed by atoms with Gasteiger partial charge in [0.1, 0.15) is 17.1 Å². The van der Waals surface area contributed by atoms with Gasteiger partial charge in [0.2, 0.25) is 0 Å². The van der Waals surface area contributed by atoms with Crippen LogP contribution in [0.25, 0.3) is 28.0 Å². The van der Waals surface area contributed by atoms with Crippen LogP contribution in [0.15, 0.2) is 94.1 Å². The summed E-state index contributed by atoms with van der Waals surface area (Å²) < 4.78 is 13.0. The zero-order valence-corrected chi connectivity index (χ0v) is 20.2. The van der Waals surface area contributed by atoms with Crippen molar-refractivity contribution in [2.24, 2.45) is 0 Å². The zero-order chi connectivity index (χ0) is 25.9. The first-order valence-electron chi connectivity index (χ1n) is 11.6. The maximum atomic E-state index is 13.0. The first-order valence-corrected chi connectivity index (χ1v) is 11.6. The second-order valence-electron chi connectivity index (χ2n) is 8.48. The van der Waals surface area contributed by atoms with Crippen molar-refractivity contribution in [3.8, 4) is 17.0 Å². The van der Waals surface area contributed by atoms with Crippen LogP contribution in [0, 0.1) is 13.8 Å². The number of fused-ring (bicyclic) bond motifs is 1. The number of benzene rings is 3. The van der Waals surface area contributed by atoms with Crippen molar-refractivity contribution in [1.29, 1.82) is 0 Å². The second-order valence-corrected chi connectivity index (χ2v) is 8.48. The van der Waals surface area contributed by atoms with E-state index in [1.54, 1.807) is 29.8 Å². The van der Waals surface area contributed by atoms with Gasteiger partial charge in [-0.3, -0.25) is 9.59 Å². The number of aromatic nitrogens is 2. The van der Waals surface area contributed by atoms with Crippen molar-refractivity contribution in [2.45, 2.75) is 13.8 Å². The van der Waals surface area contributed by atoms with E-state index in [0.717, 1.165) is 5.69 Å². The van der Waals surface area contributed by atoms with Gasteiger partial charge in [0.15, 0.2) is 17.6 Å². The van der Waals surface area contributed by atoms with Crippen molar-refractivity contribution in [3.05, 3.63) is 112 Å². The summed E-state index contributed by atoms with van der Waals surface area (Å²) in [6.45, 7) is 2.97. The van der Waals surface area contributed by atoms with Crippen LogP contribution >= 0.6 is 0 Å². The van der Waals surface area contributed by atoms with E-state index in [2.05, 4.69) is 10.4 Å². The molecule has 1 N–H and O–H groups in total. The Labute approximate surface area is 212 Å². The predicted octanol–water partition coefficient (Wildman–Crippen LogP) is 5.06. The van der Waals surface area contributed by atoms with E-state index in [1.807, 2.05) is 67.6 Å². The van der Waals surface area contributed by atoms with Gasteiger partial charge >= 0.3 is 5.97 Å². The number of carbonyl (C=O) groups excluding carboxylic acids is 2. The average Bonchev–Trinajstić information content (AvgIpc) is 3.29. The summed E-state index contributed by atoms with van der Waals surface area (Å²) in [5, 5.41) is 7.41. The number of nitrogens with one attached hydrogen (secondary N) is 1. The molecule has 8 heteroatoms. The molecular weight excluding hydrogens is 470 g/mol. The van der Waals surface area contributed by atoms with Gasteiger partial charge in [0, 0.05) is 17.2 Å². The first kappa shape index (κ1) is 23.7. The lowest BCUT2D eigenvalue weighted by molar-refractivity contribution is -0.119. The Morgan fingerprint density at radius 2 is 1.65 bits per heavy atom. The number of esters is 1. The summed E-state index contributed by atoms with van der Waals surface area (Å²) in [5.41, 5.74) is 2.58. The molecule has 184 valence electrons. The Morgan fingerprint density at radius 1 is 0.946 bits per heavy atom. The van der Waals surface area contributed by atoms with Crippen LogP contribution in [0.2, 0.25) is 0 Å². The van der Waals surface area contributed by atoms with Crippen LogP contribution in [-0.2, 0) is 9.53 Å². The number of carbonyl (C=O) groups is 2. The summed E-state index contributed by atoms with van der Waals surface area (Å²) in [6.07, 6.45) is 0. The fourth-order valence-corrected chi connectivity index (χ4v) is 4.08.